The van der Waals surface area contributed by atoms with Gasteiger partial charge in [-0.15, -0.1) is 0 Å². The Morgan fingerprint density at radius 3 is 2.80 bits per heavy atom. The molecule has 4 nitrogen and oxygen atoms in total. The van der Waals surface area contributed by atoms with Crippen LogP contribution in [0.4, 0.5) is 5.82 Å². The van der Waals surface area contributed by atoms with Crippen LogP contribution in [0.2, 0.25) is 0 Å². The van der Waals surface area contributed by atoms with E-state index in [0.717, 1.165) is 41.1 Å². The largest absolute Gasteiger partial charge is 0.369 e. The summed E-state index contributed by atoms with van der Waals surface area (Å²) in [4.78, 5) is 11.7. The molecule has 0 radical (unpaired) electrons. The Hall–Kier alpha value is -1.58. The van der Waals surface area contributed by atoms with Gasteiger partial charge in [0.2, 0.25) is 0 Å². The van der Waals surface area contributed by atoms with Crippen molar-refractivity contribution in [3.63, 3.8) is 0 Å². The van der Waals surface area contributed by atoms with Crippen LogP contribution in [0.5, 0.6) is 0 Å². The Balaban J connectivity index is 1.57. The Labute approximate surface area is 120 Å². The van der Waals surface area contributed by atoms with Gasteiger partial charge < -0.3 is 10.3 Å². The molecule has 1 saturated carbocycles. The molecule has 0 bridgehead atoms. The van der Waals surface area contributed by atoms with Crippen LogP contribution in [0.1, 0.15) is 39.5 Å². The molecule has 108 valence electrons. The number of rotatable bonds is 4. The minimum absolute atomic E-state index is 0.786. The molecular weight excluding hydrogens is 248 g/mol. The van der Waals surface area contributed by atoms with Gasteiger partial charge in [0.1, 0.15) is 17.8 Å². The molecule has 1 aliphatic rings. The van der Waals surface area contributed by atoms with Crippen LogP contribution in [0.15, 0.2) is 18.6 Å². The number of aromatic nitrogens is 3. The topological polar surface area (TPSA) is 53.6 Å². The summed E-state index contributed by atoms with van der Waals surface area (Å²) in [6.45, 7) is 5.74. The Bertz CT molecular complexity index is 552. The van der Waals surface area contributed by atoms with Crippen molar-refractivity contribution in [1.82, 2.24) is 15.0 Å². The SMILES string of the molecule is CC(C)C1CCC(CNc2ncnc3[nH]ccc23)CC1. The van der Waals surface area contributed by atoms with Gasteiger partial charge in [-0.05, 0) is 49.5 Å². The van der Waals surface area contributed by atoms with Gasteiger partial charge in [-0.3, -0.25) is 0 Å². The number of nitrogens with one attached hydrogen (secondary N) is 2. The highest BCUT2D eigenvalue weighted by atomic mass is 15.0. The van der Waals surface area contributed by atoms with Crippen LogP contribution in [0.3, 0.4) is 0 Å². The molecule has 0 spiro atoms. The molecule has 20 heavy (non-hydrogen) atoms. The molecule has 0 atom stereocenters. The molecule has 0 unspecified atom stereocenters. The lowest BCUT2D eigenvalue weighted by atomic mass is 9.77. The molecule has 0 aliphatic heterocycles. The lowest BCUT2D eigenvalue weighted by Gasteiger charge is -2.31. The summed E-state index contributed by atoms with van der Waals surface area (Å²) in [6.07, 6.45) is 8.99. The lowest BCUT2D eigenvalue weighted by Crippen LogP contribution is -2.23. The normalized spacial score (nSPS) is 23.4. The summed E-state index contributed by atoms with van der Waals surface area (Å²) in [5.74, 6) is 3.52. The van der Waals surface area contributed by atoms with Gasteiger partial charge in [-0.1, -0.05) is 13.8 Å². The van der Waals surface area contributed by atoms with Crippen LogP contribution < -0.4 is 5.32 Å². The summed E-state index contributed by atoms with van der Waals surface area (Å²) >= 11 is 0. The van der Waals surface area contributed by atoms with E-state index in [0.29, 0.717) is 0 Å². The van der Waals surface area contributed by atoms with Gasteiger partial charge in [0.05, 0.1) is 5.39 Å². The van der Waals surface area contributed by atoms with Gasteiger partial charge in [0.15, 0.2) is 0 Å². The van der Waals surface area contributed by atoms with Crippen molar-refractivity contribution in [1.29, 1.82) is 0 Å². The first-order valence-corrected chi connectivity index (χ1v) is 7.76. The molecule has 0 amide bonds. The number of hydrogen-bond donors (Lipinski definition) is 2. The molecule has 1 aliphatic carbocycles. The van der Waals surface area contributed by atoms with Crippen molar-refractivity contribution < 1.29 is 0 Å². The molecule has 0 aromatic carbocycles. The molecule has 1 fully saturated rings. The standard InChI is InChI=1S/C16H24N4/c1-11(2)13-5-3-12(4-6-13)9-18-16-14-7-8-17-15(14)19-10-20-16/h7-8,10-13H,3-6,9H2,1-2H3,(H2,17,18,19,20). The van der Waals surface area contributed by atoms with Crippen LogP contribution in [-0.2, 0) is 0 Å². The second kappa shape index (κ2) is 5.81. The smallest absolute Gasteiger partial charge is 0.142 e. The van der Waals surface area contributed by atoms with Crippen molar-refractivity contribution >= 4 is 16.9 Å². The van der Waals surface area contributed by atoms with E-state index in [1.807, 2.05) is 12.3 Å². The average molecular weight is 272 g/mol. The zero-order valence-corrected chi connectivity index (χ0v) is 12.4. The van der Waals surface area contributed by atoms with Crippen molar-refractivity contribution in [2.45, 2.75) is 39.5 Å². The predicted molar refractivity (Wildman–Crippen MR) is 82.7 cm³/mol. The minimum atomic E-state index is 0.786. The van der Waals surface area contributed by atoms with Gasteiger partial charge >= 0.3 is 0 Å². The highest BCUT2D eigenvalue weighted by molar-refractivity contribution is 5.86. The fraction of sp³-hybridized carbons (Fsp3) is 0.625. The van der Waals surface area contributed by atoms with Crippen LogP contribution in [0.25, 0.3) is 11.0 Å². The Morgan fingerprint density at radius 1 is 1.25 bits per heavy atom. The van der Waals surface area contributed by atoms with E-state index in [1.165, 1.54) is 25.7 Å². The van der Waals surface area contributed by atoms with Crippen molar-refractivity contribution in [3.05, 3.63) is 18.6 Å². The zero-order chi connectivity index (χ0) is 13.9. The van der Waals surface area contributed by atoms with Crippen LogP contribution in [-0.4, -0.2) is 21.5 Å². The highest BCUT2D eigenvalue weighted by Gasteiger charge is 2.23. The number of fused-ring (bicyclic) bond motifs is 1. The maximum atomic E-state index is 4.36. The van der Waals surface area contributed by atoms with Crippen LogP contribution in [0, 0.1) is 17.8 Å². The molecule has 2 heterocycles. The van der Waals surface area contributed by atoms with E-state index in [2.05, 4.69) is 34.1 Å². The lowest BCUT2D eigenvalue weighted by molar-refractivity contribution is 0.230. The van der Waals surface area contributed by atoms with Gasteiger partial charge in [0, 0.05) is 12.7 Å². The second-order valence-electron chi connectivity index (χ2n) is 6.37. The third kappa shape index (κ3) is 2.79. The molecular formula is C16H24N4. The van der Waals surface area contributed by atoms with E-state index in [9.17, 15) is 0 Å². The predicted octanol–water partition coefficient (Wildman–Crippen LogP) is 3.83. The third-order valence-corrected chi connectivity index (χ3v) is 4.75. The van der Waals surface area contributed by atoms with E-state index in [4.69, 9.17) is 0 Å². The first kappa shape index (κ1) is 13.4. The number of nitrogens with zero attached hydrogens (tertiary/aromatic N) is 2. The van der Waals surface area contributed by atoms with E-state index in [1.54, 1.807) is 6.33 Å². The van der Waals surface area contributed by atoms with Crippen molar-refractivity contribution in [3.8, 4) is 0 Å². The molecule has 2 aromatic rings. The summed E-state index contributed by atoms with van der Waals surface area (Å²) in [5, 5.41) is 4.60. The fourth-order valence-electron chi connectivity index (χ4n) is 3.31. The van der Waals surface area contributed by atoms with Crippen LogP contribution >= 0.6 is 0 Å². The fourth-order valence-corrected chi connectivity index (χ4v) is 3.31. The molecule has 0 saturated heterocycles. The van der Waals surface area contributed by atoms with E-state index >= 15 is 0 Å². The Morgan fingerprint density at radius 2 is 2.05 bits per heavy atom. The number of aromatic amines is 1. The number of anilines is 1. The molecule has 3 rings (SSSR count). The highest BCUT2D eigenvalue weighted by Crippen LogP contribution is 2.33. The van der Waals surface area contributed by atoms with Crippen molar-refractivity contribution in [2.24, 2.45) is 17.8 Å². The summed E-state index contributed by atoms with van der Waals surface area (Å²) in [7, 11) is 0. The molecule has 2 aromatic heterocycles. The third-order valence-electron chi connectivity index (χ3n) is 4.75. The quantitative estimate of drug-likeness (QED) is 0.889. The maximum absolute atomic E-state index is 4.36. The Kier molecular flexibility index (Phi) is 3.90. The average Bonchev–Trinajstić information content (AvgIpc) is 2.94. The van der Waals surface area contributed by atoms with Gasteiger partial charge in [-0.2, -0.15) is 0 Å². The molecule has 2 N–H and O–H groups in total. The first-order valence-electron chi connectivity index (χ1n) is 7.76. The van der Waals surface area contributed by atoms with Crippen molar-refractivity contribution in [2.75, 3.05) is 11.9 Å². The monoisotopic (exact) mass is 272 g/mol. The number of hydrogen-bond acceptors (Lipinski definition) is 3. The number of H-pyrrole nitrogens is 1. The van der Waals surface area contributed by atoms with E-state index in [-0.39, 0.29) is 0 Å². The zero-order valence-electron chi connectivity index (χ0n) is 12.4. The van der Waals surface area contributed by atoms with E-state index < -0.39 is 0 Å². The summed E-state index contributed by atoms with van der Waals surface area (Å²) < 4.78 is 0. The minimum Gasteiger partial charge on any atom is -0.369 e. The summed E-state index contributed by atoms with van der Waals surface area (Å²) in [5.41, 5.74) is 0.908. The second-order valence-corrected chi connectivity index (χ2v) is 6.37. The van der Waals surface area contributed by atoms with Gasteiger partial charge in [-0.25, -0.2) is 9.97 Å². The van der Waals surface area contributed by atoms with Gasteiger partial charge in [0.25, 0.3) is 0 Å². The maximum Gasteiger partial charge on any atom is 0.142 e. The first-order chi connectivity index (χ1) is 9.74. The molecule has 4 heteroatoms. The summed E-state index contributed by atoms with van der Waals surface area (Å²) in [6, 6.07) is 2.04.